The van der Waals surface area contributed by atoms with Gasteiger partial charge in [0.15, 0.2) is 0 Å². The van der Waals surface area contributed by atoms with Gasteiger partial charge in [0.25, 0.3) is 0 Å². The highest BCUT2D eigenvalue weighted by atomic mass is 15.2. The minimum Gasteiger partial charge on any atom is -0.398 e. The van der Waals surface area contributed by atoms with Gasteiger partial charge in [-0.2, -0.15) is 0 Å². The molecule has 2 aromatic rings. The van der Waals surface area contributed by atoms with E-state index in [1.54, 1.807) is 0 Å². The molecule has 5 rings (SSSR count). The Morgan fingerprint density at radius 2 is 1.70 bits per heavy atom. The van der Waals surface area contributed by atoms with Crippen LogP contribution in [-0.2, 0) is 6.42 Å². The van der Waals surface area contributed by atoms with Crippen LogP contribution in [0.5, 0.6) is 0 Å². The lowest BCUT2D eigenvalue weighted by molar-refractivity contribution is 0.339. The van der Waals surface area contributed by atoms with E-state index in [1.165, 1.54) is 36.3 Å². The van der Waals surface area contributed by atoms with Crippen molar-refractivity contribution in [2.24, 2.45) is 10.9 Å². The third-order valence-corrected chi connectivity index (χ3v) is 6.91. The normalized spacial score (nSPS) is 19.5. The van der Waals surface area contributed by atoms with Crippen LogP contribution in [0.25, 0.3) is 0 Å². The second kappa shape index (κ2) is 8.13. The summed E-state index contributed by atoms with van der Waals surface area (Å²) in [6, 6.07) is 14.6. The molecule has 0 spiro atoms. The van der Waals surface area contributed by atoms with Gasteiger partial charge in [-0.3, -0.25) is 0 Å². The lowest BCUT2D eigenvalue weighted by Crippen LogP contribution is -2.36. The molecule has 0 radical (unpaired) electrons. The molecule has 0 saturated carbocycles. The highest BCUT2D eigenvalue weighted by molar-refractivity contribution is 6.04. The van der Waals surface area contributed by atoms with Gasteiger partial charge >= 0.3 is 0 Å². The number of nitrogen functional groups attached to an aromatic ring is 1. The lowest BCUT2D eigenvalue weighted by atomic mass is 9.87. The number of likely N-dealkylation sites (tertiary alicyclic amines) is 1. The predicted molar refractivity (Wildman–Crippen MR) is 125 cm³/mol. The van der Waals surface area contributed by atoms with E-state index in [1.807, 2.05) is 24.3 Å². The third-order valence-electron chi connectivity index (χ3n) is 6.91. The molecule has 3 aliphatic heterocycles. The van der Waals surface area contributed by atoms with Crippen LogP contribution in [0.1, 0.15) is 43.2 Å². The zero-order chi connectivity index (χ0) is 20.5. The van der Waals surface area contributed by atoms with Gasteiger partial charge < -0.3 is 20.9 Å². The number of hydrogen-bond acceptors (Lipinski definition) is 5. The number of piperidine rings is 2. The monoisotopic (exact) mass is 401 g/mol. The first-order valence-electron chi connectivity index (χ1n) is 11.3. The van der Waals surface area contributed by atoms with Crippen molar-refractivity contribution in [3.05, 3.63) is 53.6 Å². The zero-order valence-corrected chi connectivity index (χ0v) is 17.6. The van der Waals surface area contributed by atoms with E-state index in [2.05, 4.69) is 28.0 Å². The topological polar surface area (TPSA) is 68.7 Å². The van der Waals surface area contributed by atoms with E-state index in [0.29, 0.717) is 11.4 Å². The zero-order valence-electron chi connectivity index (χ0n) is 17.6. The molecule has 5 heteroatoms. The number of rotatable bonds is 3. The summed E-state index contributed by atoms with van der Waals surface area (Å²) in [6.45, 7) is 4.26. The average Bonchev–Trinajstić information content (AvgIpc) is 3.23. The molecule has 2 aromatic carbocycles. The van der Waals surface area contributed by atoms with Crippen LogP contribution in [0.15, 0.2) is 47.5 Å². The molecule has 5 nitrogen and oxygen atoms in total. The summed E-state index contributed by atoms with van der Waals surface area (Å²) in [7, 11) is 0. The fraction of sp³-hybridized carbons (Fsp3) is 0.440. The van der Waals surface area contributed by atoms with E-state index in [0.717, 1.165) is 56.7 Å². The van der Waals surface area contributed by atoms with Crippen molar-refractivity contribution in [1.82, 2.24) is 4.90 Å². The Morgan fingerprint density at radius 1 is 0.933 bits per heavy atom. The molecular weight excluding hydrogens is 370 g/mol. The van der Waals surface area contributed by atoms with Crippen LogP contribution in [0.3, 0.4) is 0 Å². The summed E-state index contributed by atoms with van der Waals surface area (Å²) in [5, 5.41) is 8.63. The van der Waals surface area contributed by atoms with Crippen LogP contribution in [0.4, 0.5) is 17.1 Å². The van der Waals surface area contributed by atoms with E-state index in [-0.39, 0.29) is 5.92 Å². The first kappa shape index (κ1) is 19.2. The molecule has 0 bridgehead atoms. The second-order valence-corrected chi connectivity index (χ2v) is 8.83. The van der Waals surface area contributed by atoms with Gasteiger partial charge in [0.2, 0.25) is 0 Å². The molecule has 3 heterocycles. The van der Waals surface area contributed by atoms with Gasteiger partial charge in [-0.25, -0.2) is 4.99 Å². The number of benzene rings is 2. The molecule has 0 atom stereocenters. The Hall–Kier alpha value is -2.82. The van der Waals surface area contributed by atoms with E-state index in [9.17, 15) is 0 Å². The molecule has 2 fully saturated rings. The minimum atomic E-state index is 0.282. The molecule has 156 valence electrons. The summed E-state index contributed by atoms with van der Waals surface area (Å²) < 4.78 is 0. The largest absolute Gasteiger partial charge is 0.398 e. The molecule has 0 aromatic heterocycles. The van der Waals surface area contributed by atoms with Gasteiger partial charge in [0.05, 0.1) is 5.69 Å². The van der Waals surface area contributed by atoms with Crippen LogP contribution in [-0.4, -0.2) is 42.6 Å². The highest BCUT2D eigenvalue weighted by Crippen LogP contribution is 2.34. The number of nitrogens with one attached hydrogen (secondary N) is 1. The number of amidine groups is 1. The molecule has 30 heavy (non-hydrogen) atoms. The van der Waals surface area contributed by atoms with E-state index in [4.69, 9.17) is 16.1 Å². The van der Waals surface area contributed by atoms with Crippen molar-refractivity contribution in [1.29, 1.82) is 5.41 Å². The van der Waals surface area contributed by atoms with Gasteiger partial charge in [0, 0.05) is 61.2 Å². The van der Waals surface area contributed by atoms with Crippen molar-refractivity contribution < 1.29 is 0 Å². The van der Waals surface area contributed by atoms with Crippen LogP contribution >= 0.6 is 0 Å². The van der Waals surface area contributed by atoms with Crippen molar-refractivity contribution in [3.63, 3.8) is 0 Å². The molecular formula is C25H31N5. The van der Waals surface area contributed by atoms with E-state index >= 15 is 0 Å². The molecule has 0 aliphatic carbocycles. The summed E-state index contributed by atoms with van der Waals surface area (Å²) >= 11 is 0. The number of para-hydroxylation sites is 1. The Balaban J connectivity index is 1.25. The SMILES string of the molecule is N=C(c1ccccc1N)C1CCN(c2ccc3c(c2)N=C(N2CCCCC2)C3)CC1. The predicted octanol–water partition coefficient (Wildman–Crippen LogP) is 4.63. The van der Waals surface area contributed by atoms with Crippen LogP contribution < -0.4 is 10.6 Å². The first-order valence-corrected chi connectivity index (χ1v) is 11.3. The Kier molecular flexibility index (Phi) is 5.19. The van der Waals surface area contributed by atoms with E-state index < -0.39 is 0 Å². The van der Waals surface area contributed by atoms with Gasteiger partial charge in [0.1, 0.15) is 5.84 Å². The summed E-state index contributed by atoms with van der Waals surface area (Å²) in [4.78, 5) is 9.92. The maximum Gasteiger partial charge on any atom is 0.109 e. The molecule has 0 amide bonds. The fourth-order valence-corrected chi connectivity index (χ4v) is 5.07. The quantitative estimate of drug-likeness (QED) is 0.582. The summed E-state index contributed by atoms with van der Waals surface area (Å²) in [5.41, 5.74) is 12.2. The lowest BCUT2D eigenvalue weighted by Gasteiger charge is -2.34. The Labute approximate surface area is 179 Å². The fourth-order valence-electron chi connectivity index (χ4n) is 5.07. The highest BCUT2D eigenvalue weighted by Gasteiger charge is 2.26. The van der Waals surface area contributed by atoms with Crippen molar-refractivity contribution in [2.45, 2.75) is 38.5 Å². The maximum absolute atomic E-state index is 8.63. The van der Waals surface area contributed by atoms with Crippen molar-refractivity contribution >= 4 is 28.6 Å². The Bertz CT molecular complexity index is 965. The smallest absolute Gasteiger partial charge is 0.109 e. The van der Waals surface area contributed by atoms with Crippen molar-refractivity contribution in [3.8, 4) is 0 Å². The average molecular weight is 402 g/mol. The molecule has 0 unspecified atom stereocenters. The summed E-state index contributed by atoms with van der Waals surface area (Å²) in [6.07, 6.45) is 6.90. The van der Waals surface area contributed by atoms with Gasteiger partial charge in [-0.05, 0) is 55.9 Å². The second-order valence-electron chi connectivity index (χ2n) is 8.83. The third kappa shape index (κ3) is 3.69. The Morgan fingerprint density at radius 3 is 2.47 bits per heavy atom. The van der Waals surface area contributed by atoms with Crippen molar-refractivity contribution in [2.75, 3.05) is 36.8 Å². The van der Waals surface area contributed by atoms with Gasteiger partial charge in [-0.1, -0.05) is 24.3 Å². The number of nitrogens with zero attached hydrogens (tertiary/aromatic N) is 3. The van der Waals surface area contributed by atoms with Crippen LogP contribution in [0, 0.1) is 11.3 Å². The van der Waals surface area contributed by atoms with Gasteiger partial charge in [-0.15, -0.1) is 0 Å². The molecule has 3 N–H and O–H groups in total. The number of nitrogens with two attached hydrogens (primary N) is 1. The minimum absolute atomic E-state index is 0.282. The number of fused-ring (bicyclic) bond motifs is 1. The standard InChI is InChI=1S/C25H31N5/c26-22-7-3-2-6-21(22)25(27)18-10-14-29(15-11-18)20-9-8-19-16-24(28-23(19)17-20)30-12-4-1-5-13-30/h2-3,6-9,17-18,27H,1,4-5,10-16,26H2. The molecule has 3 aliphatic rings. The number of aliphatic imine (C=N–C) groups is 1. The maximum atomic E-state index is 8.63. The summed E-state index contributed by atoms with van der Waals surface area (Å²) in [5.74, 6) is 1.54. The first-order chi connectivity index (χ1) is 14.7. The van der Waals surface area contributed by atoms with Crippen LogP contribution in [0.2, 0.25) is 0 Å². The molecule has 2 saturated heterocycles. The number of anilines is 2. The number of hydrogen-bond donors (Lipinski definition) is 2.